The fraction of sp³-hybridized carbons (Fsp3) is 0.600. The van der Waals surface area contributed by atoms with Crippen molar-refractivity contribution in [3.63, 3.8) is 0 Å². The third kappa shape index (κ3) is 8.77. The fourth-order valence-corrected chi connectivity index (χ4v) is 4.14. The average molecular weight is 491 g/mol. The van der Waals surface area contributed by atoms with Gasteiger partial charge in [-0.05, 0) is 46.1 Å². The maximum Gasteiger partial charge on any atom is 0.408 e. The number of nitrogens with zero attached hydrogens (tertiary/aromatic N) is 1. The Balaban J connectivity index is 2.32. The molecule has 1 aliphatic carbocycles. The van der Waals surface area contributed by atoms with Gasteiger partial charge in [0.15, 0.2) is 0 Å². The number of likely N-dealkylation sites (N-methyl/N-ethyl adjacent to an activating group) is 1. The molecule has 1 fully saturated rings. The number of phenolic OH excluding ortho intramolecular Hbond substituents is 1. The van der Waals surface area contributed by atoms with Gasteiger partial charge >= 0.3 is 6.09 Å². The maximum absolute atomic E-state index is 13.5. The SMILES string of the molecule is CN(C(=O)C(CCC(N)=O)NC(=O)OC(C)(C)C)C(C(=O)NC1CCCCC1)c1ccccc1O. The van der Waals surface area contributed by atoms with Gasteiger partial charge in [0.2, 0.25) is 17.7 Å². The summed E-state index contributed by atoms with van der Waals surface area (Å²) in [5, 5.41) is 16.0. The Morgan fingerprint density at radius 3 is 2.34 bits per heavy atom. The Morgan fingerprint density at radius 1 is 1.14 bits per heavy atom. The van der Waals surface area contributed by atoms with Gasteiger partial charge < -0.3 is 31.1 Å². The van der Waals surface area contributed by atoms with Crippen molar-refractivity contribution in [2.45, 2.75) is 89.4 Å². The summed E-state index contributed by atoms with van der Waals surface area (Å²) in [6, 6.07) is 3.97. The van der Waals surface area contributed by atoms with Gasteiger partial charge in [-0.3, -0.25) is 14.4 Å². The molecule has 0 radical (unpaired) electrons. The van der Waals surface area contributed by atoms with Crippen molar-refractivity contribution >= 4 is 23.8 Å². The normalized spacial score (nSPS) is 16.0. The van der Waals surface area contributed by atoms with Crippen molar-refractivity contribution in [2.24, 2.45) is 5.73 Å². The summed E-state index contributed by atoms with van der Waals surface area (Å²) in [5.74, 6) is -1.82. The summed E-state index contributed by atoms with van der Waals surface area (Å²) >= 11 is 0. The van der Waals surface area contributed by atoms with Crippen LogP contribution in [0.15, 0.2) is 24.3 Å². The standard InChI is InChI=1S/C25H38N4O6/c1-25(2,3)35-24(34)28-18(14-15-20(26)31)23(33)29(4)21(17-12-8-9-13-19(17)30)22(32)27-16-10-6-5-7-11-16/h8-9,12-13,16,18,21,30H,5-7,10-11,14-15H2,1-4H3,(H2,26,31)(H,27,32)(H,28,34). The molecule has 1 saturated carbocycles. The zero-order valence-corrected chi connectivity index (χ0v) is 21.0. The van der Waals surface area contributed by atoms with Crippen LogP contribution in [0.3, 0.4) is 0 Å². The van der Waals surface area contributed by atoms with E-state index in [0.29, 0.717) is 0 Å². The van der Waals surface area contributed by atoms with Gasteiger partial charge in [-0.25, -0.2) is 4.79 Å². The van der Waals surface area contributed by atoms with Crippen molar-refractivity contribution in [1.82, 2.24) is 15.5 Å². The predicted molar refractivity (Wildman–Crippen MR) is 130 cm³/mol. The highest BCUT2D eigenvalue weighted by atomic mass is 16.6. The molecule has 0 heterocycles. The summed E-state index contributed by atoms with van der Waals surface area (Å²) in [5.41, 5.74) is 4.72. The smallest absolute Gasteiger partial charge is 0.408 e. The number of para-hydroxylation sites is 1. The van der Waals surface area contributed by atoms with Crippen LogP contribution in [-0.4, -0.2) is 58.6 Å². The fourth-order valence-electron chi connectivity index (χ4n) is 4.14. The number of alkyl carbamates (subject to hydrolysis) is 1. The van der Waals surface area contributed by atoms with Crippen molar-refractivity contribution in [3.05, 3.63) is 29.8 Å². The molecule has 0 bridgehead atoms. The lowest BCUT2D eigenvalue weighted by Crippen LogP contribution is -2.52. The zero-order chi connectivity index (χ0) is 26.2. The minimum atomic E-state index is -1.17. The lowest BCUT2D eigenvalue weighted by atomic mass is 9.94. The Labute approximate surface area is 206 Å². The van der Waals surface area contributed by atoms with E-state index < -0.39 is 41.5 Å². The van der Waals surface area contributed by atoms with Crippen LogP contribution in [0.1, 0.15) is 77.3 Å². The van der Waals surface area contributed by atoms with Crippen LogP contribution in [0.4, 0.5) is 4.79 Å². The summed E-state index contributed by atoms with van der Waals surface area (Å²) < 4.78 is 5.26. The zero-order valence-electron chi connectivity index (χ0n) is 21.0. The van der Waals surface area contributed by atoms with Gasteiger partial charge in [-0.2, -0.15) is 0 Å². The molecule has 4 amide bonds. The van der Waals surface area contributed by atoms with E-state index in [0.717, 1.165) is 32.1 Å². The molecule has 0 aliphatic heterocycles. The minimum Gasteiger partial charge on any atom is -0.508 e. The second kappa shape index (κ2) is 12.4. The van der Waals surface area contributed by atoms with Gasteiger partial charge in [0.25, 0.3) is 0 Å². The molecular weight excluding hydrogens is 452 g/mol. The number of rotatable bonds is 9. The number of nitrogens with two attached hydrogens (primary N) is 1. The molecule has 2 unspecified atom stereocenters. The van der Waals surface area contributed by atoms with E-state index in [1.54, 1.807) is 39.0 Å². The largest absolute Gasteiger partial charge is 0.508 e. The first-order valence-electron chi connectivity index (χ1n) is 12.0. The highest BCUT2D eigenvalue weighted by Gasteiger charge is 2.36. The van der Waals surface area contributed by atoms with E-state index in [-0.39, 0.29) is 30.2 Å². The number of nitrogens with one attached hydrogen (secondary N) is 2. The molecule has 1 aromatic carbocycles. The van der Waals surface area contributed by atoms with Crippen LogP contribution in [0, 0.1) is 0 Å². The summed E-state index contributed by atoms with van der Waals surface area (Å²) in [6.07, 6.45) is 3.76. The first kappa shape index (κ1) is 27.9. The number of benzene rings is 1. The Kier molecular flexibility index (Phi) is 9.91. The number of hydrogen-bond donors (Lipinski definition) is 4. The average Bonchev–Trinajstić information content (AvgIpc) is 2.77. The number of carbonyl (C=O) groups excluding carboxylic acids is 4. The highest BCUT2D eigenvalue weighted by molar-refractivity contribution is 5.92. The molecule has 0 aromatic heterocycles. The van der Waals surface area contributed by atoms with Crippen LogP contribution in [-0.2, 0) is 19.1 Å². The Morgan fingerprint density at radius 2 is 1.77 bits per heavy atom. The van der Waals surface area contributed by atoms with Crippen molar-refractivity contribution in [2.75, 3.05) is 7.05 Å². The number of amides is 4. The predicted octanol–water partition coefficient (Wildman–Crippen LogP) is 2.50. The third-order valence-corrected chi connectivity index (χ3v) is 5.83. The van der Waals surface area contributed by atoms with E-state index in [1.165, 1.54) is 18.0 Å². The minimum absolute atomic E-state index is 0.0151. The Hall–Kier alpha value is -3.30. The number of primary amides is 1. The molecule has 2 rings (SSSR count). The molecule has 10 nitrogen and oxygen atoms in total. The van der Waals surface area contributed by atoms with E-state index in [2.05, 4.69) is 10.6 Å². The summed E-state index contributed by atoms with van der Waals surface area (Å²) in [6.45, 7) is 5.05. The van der Waals surface area contributed by atoms with Crippen LogP contribution in [0.5, 0.6) is 5.75 Å². The topological polar surface area (TPSA) is 151 Å². The second-order valence-electron chi connectivity index (χ2n) is 9.96. The quantitative estimate of drug-likeness (QED) is 0.417. The van der Waals surface area contributed by atoms with E-state index in [4.69, 9.17) is 10.5 Å². The third-order valence-electron chi connectivity index (χ3n) is 5.83. The number of aromatic hydroxyl groups is 1. The number of phenols is 1. The first-order chi connectivity index (χ1) is 16.4. The van der Waals surface area contributed by atoms with Gasteiger partial charge in [-0.1, -0.05) is 37.5 Å². The molecule has 194 valence electrons. The Bertz CT molecular complexity index is 907. The second-order valence-corrected chi connectivity index (χ2v) is 9.96. The highest BCUT2D eigenvalue weighted by Crippen LogP contribution is 2.30. The number of ether oxygens (including phenoxy) is 1. The molecule has 10 heteroatoms. The first-order valence-corrected chi connectivity index (χ1v) is 12.0. The van der Waals surface area contributed by atoms with E-state index >= 15 is 0 Å². The lowest BCUT2D eigenvalue weighted by molar-refractivity contribution is -0.141. The molecule has 1 aromatic rings. The number of hydrogen-bond acceptors (Lipinski definition) is 6. The van der Waals surface area contributed by atoms with Gasteiger partial charge in [0.1, 0.15) is 23.4 Å². The summed E-state index contributed by atoms with van der Waals surface area (Å²) in [7, 11) is 1.42. The number of carbonyl (C=O) groups is 4. The lowest BCUT2D eigenvalue weighted by Gasteiger charge is -2.33. The van der Waals surface area contributed by atoms with E-state index in [9.17, 15) is 24.3 Å². The van der Waals surface area contributed by atoms with Gasteiger partial charge in [0.05, 0.1) is 0 Å². The van der Waals surface area contributed by atoms with Crippen molar-refractivity contribution < 1.29 is 29.0 Å². The van der Waals surface area contributed by atoms with E-state index in [1.807, 2.05) is 0 Å². The molecular formula is C25H38N4O6. The van der Waals surface area contributed by atoms with Crippen molar-refractivity contribution in [1.29, 1.82) is 0 Å². The van der Waals surface area contributed by atoms with Crippen LogP contribution >= 0.6 is 0 Å². The van der Waals surface area contributed by atoms with Crippen LogP contribution in [0.25, 0.3) is 0 Å². The van der Waals surface area contributed by atoms with Crippen molar-refractivity contribution in [3.8, 4) is 5.75 Å². The summed E-state index contributed by atoms with van der Waals surface area (Å²) in [4.78, 5) is 51.9. The van der Waals surface area contributed by atoms with Crippen LogP contribution in [0.2, 0.25) is 0 Å². The molecule has 2 atom stereocenters. The monoisotopic (exact) mass is 490 g/mol. The molecule has 5 N–H and O–H groups in total. The van der Waals surface area contributed by atoms with Gasteiger partial charge in [-0.15, -0.1) is 0 Å². The molecule has 0 saturated heterocycles. The maximum atomic E-state index is 13.5. The van der Waals surface area contributed by atoms with Crippen LogP contribution < -0.4 is 16.4 Å². The molecule has 0 spiro atoms. The molecule has 1 aliphatic rings. The molecule has 35 heavy (non-hydrogen) atoms. The van der Waals surface area contributed by atoms with Gasteiger partial charge in [0, 0.05) is 25.1 Å².